The summed E-state index contributed by atoms with van der Waals surface area (Å²) in [5, 5.41) is 0. The standard InChI is InChI=1S/C15H28O2/c1-5-7-8-9-12-17-15(16)14(6-2)11-10-13(3)4/h11,13H,5-10,12H2,1-4H3. The van der Waals surface area contributed by atoms with Crippen molar-refractivity contribution in [2.45, 2.75) is 66.2 Å². The van der Waals surface area contributed by atoms with Gasteiger partial charge in [-0.1, -0.05) is 53.0 Å². The van der Waals surface area contributed by atoms with Gasteiger partial charge >= 0.3 is 5.97 Å². The number of rotatable bonds is 9. The van der Waals surface area contributed by atoms with E-state index in [-0.39, 0.29) is 5.97 Å². The summed E-state index contributed by atoms with van der Waals surface area (Å²) in [6.45, 7) is 9.05. The van der Waals surface area contributed by atoms with Crippen molar-refractivity contribution in [2.75, 3.05) is 6.61 Å². The topological polar surface area (TPSA) is 26.3 Å². The predicted octanol–water partition coefficient (Wildman–Crippen LogP) is 4.49. The highest BCUT2D eigenvalue weighted by molar-refractivity contribution is 5.88. The highest BCUT2D eigenvalue weighted by Crippen LogP contribution is 2.10. The molecule has 0 aromatic rings. The van der Waals surface area contributed by atoms with Crippen LogP contribution in [0.5, 0.6) is 0 Å². The summed E-state index contributed by atoms with van der Waals surface area (Å²) in [4.78, 5) is 11.7. The summed E-state index contributed by atoms with van der Waals surface area (Å²) < 4.78 is 5.27. The quantitative estimate of drug-likeness (QED) is 0.337. The molecule has 0 saturated heterocycles. The van der Waals surface area contributed by atoms with Gasteiger partial charge < -0.3 is 4.74 Å². The molecule has 100 valence electrons. The number of esters is 1. The highest BCUT2D eigenvalue weighted by atomic mass is 16.5. The van der Waals surface area contributed by atoms with Gasteiger partial charge in [0.15, 0.2) is 0 Å². The van der Waals surface area contributed by atoms with E-state index in [1.54, 1.807) is 0 Å². The van der Waals surface area contributed by atoms with Crippen LogP contribution in [-0.2, 0) is 9.53 Å². The molecule has 0 N–H and O–H groups in total. The fraction of sp³-hybridized carbons (Fsp3) is 0.800. The van der Waals surface area contributed by atoms with Gasteiger partial charge in [-0.15, -0.1) is 0 Å². The maximum absolute atomic E-state index is 11.7. The maximum atomic E-state index is 11.7. The largest absolute Gasteiger partial charge is 0.462 e. The Morgan fingerprint density at radius 2 is 1.88 bits per heavy atom. The van der Waals surface area contributed by atoms with Gasteiger partial charge in [-0.25, -0.2) is 4.79 Å². The average Bonchev–Trinajstić information content (AvgIpc) is 2.29. The summed E-state index contributed by atoms with van der Waals surface area (Å²) in [5.41, 5.74) is 0.828. The average molecular weight is 240 g/mol. The Hall–Kier alpha value is -0.790. The van der Waals surface area contributed by atoms with Gasteiger partial charge in [-0.3, -0.25) is 0 Å². The lowest BCUT2D eigenvalue weighted by atomic mass is 10.1. The molecule has 0 rings (SSSR count). The molecule has 0 fully saturated rings. The fourth-order valence-electron chi connectivity index (χ4n) is 1.54. The van der Waals surface area contributed by atoms with E-state index in [1.165, 1.54) is 12.8 Å². The molecular formula is C15H28O2. The number of carbonyl (C=O) groups excluding carboxylic acids is 1. The second kappa shape index (κ2) is 10.4. The third-order valence-corrected chi connectivity index (χ3v) is 2.71. The first-order valence-electron chi connectivity index (χ1n) is 6.97. The smallest absolute Gasteiger partial charge is 0.333 e. The number of allylic oxidation sites excluding steroid dienone is 1. The second-order valence-electron chi connectivity index (χ2n) is 4.91. The van der Waals surface area contributed by atoms with Gasteiger partial charge in [0.1, 0.15) is 0 Å². The summed E-state index contributed by atoms with van der Waals surface area (Å²) >= 11 is 0. The molecule has 2 heteroatoms. The van der Waals surface area contributed by atoms with Crippen molar-refractivity contribution in [3.8, 4) is 0 Å². The molecule has 0 spiro atoms. The molecule has 0 heterocycles. The van der Waals surface area contributed by atoms with Crippen LogP contribution in [0.4, 0.5) is 0 Å². The van der Waals surface area contributed by atoms with Crippen molar-refractivity contribution in [2.24, 2.45) is 5.92 Å². The fourth-order valence-corrected chi connectivity index (χ4v) is 1.54. The van der Waals surface area contributed by atoms with Crippen molar-refractivity contribution < 1.29 is 9.53 Å². The Morgan fingerprint density at radius 3 is 2.41 bits per heavy atom. The Bertz CT molecular complexity index is 229. The van der Waals surface area contributed by atoms with E-state index in [0.29, 0.717) is 12.5 Å². The highest BCUT2D eigenvalue weighted by Gasteiger charge is 2.08. The Balaban J connectivity index is 3.88. The lowest BCUT2D eigenvalue weighted by Crippen LogP contribution is -2.09. The van der Waals surface area contributed by atoms with Crippen molar-refractivity contribution in [3.63, 3.8) is 0 Å². The molecule has 0 saturated carbocycles. The monoisotopic (exact) mass is 240 g/mol. The lowest BCUT2D eigenvalue weighted by Gasteiger charge is -2.07. The molecule has 0 aliphatic carbocycles. The third-order valence-electron chi connectivity index (χ3n) is 2.71. The third kappa shape index (κ3) is 8.96. The Kier molecular flexibility index (Phi) is 9.89. The van der Waals surface area contributed by atoms with Crippen LogP contribution in [0.15, 0.2) is 11.6 Å². The van der Waals surface area contributed by atoms with E-state index in [1.807, 2.05) is 13.0 Å². The molecule has 0 radical (unpaired) electrons. The molecule has 0 aromatic heterocycles. The SMILES string of the molecule is CCCCCCOC(=O)C(=CCC(C)C)CC. The summed E-state index contributed by atoms with van der Waals surface area (Å²) in [6, 6.07) is 0. The summed E-state index contributed by atoms with van der Waals surface area (Å²) in [6.07, 6.45) is 8.32. The first-order chi connectivity index (χ1) is 8.11. The molecule has 0 bridgehead atoms. The zero-order valence-electron chi connectivity index (χ0n) is 11.9. The number of hydrogen-bond acceptors (Lipinski definition) is 2. The van der Waals surface area contributed by atoms with Crippen LogP contribution in [0.25, 0.3) is 0 Å². The van der Waals surface area contributed by atoms with Gasteiger partial charge in [0.05, 0.1) is 6.61 Å². The molecule has 0 aliphatic heterocycles. The van der Waals surface area contributed by atoms with E-state index in [9.17, 15) is 4.79 Å². The molecule has 17 heavy (non-hydrogen) atoms. The lowest BCUT2D eigenvalue weighted by molar-refractivity contribution is -0.139. The van der Waals surface area contributed by atoms with Crippen LogP contribution in [0.3, 0.4) is 0 Å². The zero-order chi connectivity index (χ0) is 13.1. The molecule has 0 atom stereocenters. The van der Waals surface area contributed by atoms with Crippen LogP contribution in [0.1, 0.15) is 66.2 Å². The Morgan fingerprint density at radius 1 is 1.18 bits per heavy atom. The number of unbranched alkanes of at least 4 members (excludes halogenated alkanes) is 3. The maximum Gasteiger partial charge on any atom is 0.333 e. The first-order valence-corrected chi connectivity index (χ1v) is 6.97. The first kappa shape index (κ1) is 16.2. The number of ether oxygens (including phenoxy) is 1. The summed E-state index contributed by atoms with van der Waals surface area (Å²) in [7, 11) is 0. The van der Waals surface area contributed by atoms with Crippen LogP contribution in [0, 0.1) is 5.92 Å². The van der Waals surface area contributed by atoms with Crippen LogP contribution in [-0.4, -0.2) is 12.6 Å². The minimum absolute atomic E-state index is 0.121. The van der Waals surface area contributed by atoms with Crippen molar-refractivity contribution in [1.82, 2.24) is 0 Å². The molecule has 0 amide bonds. The van der Waals surface area contributed by atoms with Gasteiger partial charge in [0.25, 0.3) is 0 Å². The van der Waals surface area contributed by atoms with Crippen LogP contribution < -0.4 is 0 Å². The number of carbonyl (C=O) groups is 1. The Labute approximate surface area is 106 Å². The van der Waals surface area contributed by atoms with E-state index in [2.05, 4.69) is 20.8 Å². The van der Waals surface area contributed by atoms with Crippen molar-refractivity contribution in [1.29, 1.82) is 0 Å². The van der Waals surface area contributed by atoms with E-state index >= 15 is 0 Å². The zero-order valence-corrected chi connectivity index (χ0v) is 11.9. The second-order valence-corrected chi connectivity index (χ2v) is 4.91. The summed E-state index contributed by atoms with van der Waals surface area (Å²) in [5.74, 6) is 0.471. The molecule has 0 unspecified atom stereocenters. The minimum Gasteiger partial charge on any atom is -0.462 e. The van der Waals surface area contributed by atoms with Gasteiger partial charge in [0, 0.05) is 5.57 Å². The van der Waals surface area contributed by atoms with E-state index < -0.39 is 0 Å². The normalized spacial score (nSPS) is 11.9. The van der Waals surface area contributed by atoms with Gasteiger partial charge in [-0.2, -0.15) is 0 Å². The molecule has 2 nitrogen and oxygen atoms in total. The van der Waals surface area contributed by atoms with E-state index in [4.69, 9.17) is 4.74 Å². The minimum atomic E-state index is -0.121. The van der Waals surface area contributed by atoms with Crippen molar-refractivity contribution >= 4 is 5.97 Å². The van der Waals surface area contributed by atoms with E-state index in [0.717, 1.165) is 31.3 Å². The predicted molar refractivity (Wildman–Crippen MR) is 72.9 cm³/mol. The van der Waals surface area contributed by atoms with Crippen molar-refractivity contribution in [3.05, 3.63) is 11.6 Å². The van der Waals surface area contributed by atoms with Gasteiger partial charge in [0.2, 0.25) is 0 Å². The van der Waals surface area contributed by atoms with Crippen LogP contribution in [0.2, 0.25) is 0 Å². The van der Waals surface area contributed by atoms with Crippen LogP contribution >= 0.6 is 0 Å². The molecular weight excluding hydrogens is 212 g/mol. The molecule has 0 aromatic carbocycles. The number of hydrogen-bond donors (Lipinski definition) is 0. The van der Waals surface area contributed by atoms with Gasteiger partial charge in [-0.05, 0) is 25.2 Å². The molecule has 0 aliphatic rings.